The number of esters is 1. The van der Waals surface area contributed by atoms with Crippen molar-refractivity contribution < 1.29 is 14.3 Å². The van der Waals surface area contributed by atoms with Gasteiger partial charge in [-0.15, -0.1) is 0 Å². The van der Waals surface area contributed by atoms with Gasteiger partial charge in [-0.3, -0.25) is 9.59 Å². The van der Waals surface area contributed by atoms with Crippen molar-refractivity contribution in [2.24, 2.45) is 11.8 Å². The Morgan fingerprint density at radius 2 is 1.83 bits per heavy atom. The highest BCUT2D eigenvalue weighted by Gasteiger charge is 2.36. The van der Waals surface area contributed by atoms with E-state index < -0.39 is 11.9 Å². The molecule has 1 aromatic carbocycles. The summed E-state index contributed by atoms with van der Waals surface area (Å²) in [6, 6.07) is 4.82. The Balaban J connectivity index is 2.17. The van der Waals surface area contributed by atoms with Crippen LogP contribution >= 0.6 is 23.2 Å². The Kier molecular flexibility index (Phi) is 6.72. The molecule has 1 aliphatic rings. The first-order valence-electron chi connectivity index (χ1n) is 7.86. The summed E-state index contributed by atoms with van der Waals surface area (Å²) in [5, 5.41) is 3.57. The number of carbonyl (C=O) groups excluding carboxylic acids is 2. The highest BCUT2D eigenvalue weighted by Crippen LogP contribution is 2.32. The molecular formula is C17H21Cl2NO3. The van der Waals surface area contributed by atoms with E-state index in [1.165, 1.54) is 7.11 Å². The Hall–Kier alpha value is -1.26. The van der Waals surface area contributed by atoms with E-state index in [4.69, 9.17) is 27.9 Å². The van der Waals surface area contributed by atoms with Crippen LogP contribution < -0.4 is 5.32 Å². The molecule has 1 atom stereocenters. The molecule has 0 heterocycles. The number of hydrogen-bond donors (Lipinski definition) is 1. The molecule has 1 aromatic rings. The molecule has 6 heteroatoms. The normalized spacial score (nSPS) is 17.2. The van der Waals surface area contributed by atoms with Crippen molar-refractivity contribution in [2.75, 3.05) is 12.4 Å². The lowest BCUT2D eigenvalue weighted by atomic mass is 9.85. The number of ether oxygens (including phenoxy) is 1. The fourth-order valence-corrected chi connectivity index (χ4v) is 3.54. The van der Waals surface area contributed by atoms with Crippen molar-refractivity contribution in [1.29, 1.82) is 0 Å². The largest absolute Gasteiger partial charge is 0.468 e. The predicted molar refractivity (Wildman–Crippen MR) is 91.8 cm³/mol. The summed E-state index contributed by atoms with van der Waals surface area (Å²) >= 11 is 11.9. The summed E-state index contributed by atoms with van der Waals surface area (Å²) in [6.07, 6.45) is 6.09. The Morgan fingerprint density at radius 1 is 1.17 bits per heavy atom. The molecule has 23 heavy (non-hydrogen) atoms. The second-order valence-corrected chi connectivity index (χ2v) is 6.71. The monoisotopic (exact) mass is 357 g/mol. The summed E-state index contributed by atoms with van der Waals surface area (Å²) in [5.41, 5.74) is 0.448. The minimum atomic E-state index is -0.801. The van der Waals surface area contributed by atoms with Crippen molar-refractivity contribution in [3.05, 3.63) is 28.2 Å². The quantitative estimate of drug-likeness (QED) is 0.483. The first-order chi connectivity index (χ1) is 11.0. The van der Waals surface area contributed by atoms with Crippen LogP contribution in [0, 0.1) is 11.8 Å². The van der Waals surface area contributed by atoms with Gasteiger partial charge < -0.3 is 10.1 Å². The molecule has 1 N–H and O–H groups in total. The standard InChI is InChI=1S/C17H21Cl2NO3/c1-23-17(22)15(11-6-4-2-3-5-7-11)16(21)20-14-9-8-12(18)10-13(14)19/h8-11,15H,2-7H2,1H3,(H,20,21)/t15-/m0/s1. The van der Waals surface area contributed by atoms with Crippen molar-refractivity contribution >= 4 is 40.8 Å². The van der Waals surface area contributed by atoms with Crippen LogP contribution in [0.15, 0.2) is 18.2 Å². The van der Waals surface area contributed by atoms with Gasteiger partial charge in [-0.25, -0.2) is 0 Å². The van der Waals surface area contributed by atoms with Gasteiger partial charge in [0.05, 0.1) is 17.8 Å². The molecule has 1 amide bonds. The zero-order valence-corrected chi connectivity index (χ0v) is 14.6. The topological polar surface area (TPSA) is 55.4 Å². The molecule has 0 radical (unpaired) electrons. The summed E-state index contributed by atoms with van der Waals surface area (Å²) in [4.78, 5) is 24.8. The van der Waals surface area contributed by atoms with E-state index in [1.807, 2.05) is 0 Å². The Morgan fingerprint density at radius 3 is 2.39 bits per heavy atom. The van der Waals surface area contributed by atoms with E-state index in [2.05, 4.69) is 5.32 Å². The lowest BCUT2D eigenvalue weighted by Crippen LogP contribution is -2.36. The fraction of sp³-hybridized carbons (Fsp3) is 0.529. The molecule has 0 saturated heterocycles. The molecule has 126 valence electrons. The SMILES string of the molecule is COC(=O)[C@H](C(=O)Nc1ccc(Cl)cc1Cl)C1CCCCCC1. The molecular weight excluding hydrogens is 337 g/mol. The van der Waals surface area contributed by atoms with Crippen molar-refractivity contribution in [2.45, 2.75) is 38.5 Å². The van der Waals surface area contributed by atoms with Crippen LogP contribution in [0.3, 0.4) is 0 Å². The van der Waals surface area contributed by atoms with Gasteiger partial charge in [-0.1, -0.05) is 48.9 Å². The molecule has 1 saturated carbocycles. The number of methoxy groups -OCH3 is 1. The van der Waals surface area contributed by atoms with Crippen molar-refractivity contribution in [3.8, 4) is 0 Å². The summed E-state index contributed by atoms with van der Waals surface area (Å²) < 4.78 is 4.86. The summed E-state index contributed by atoms with van der Waals surface area (Å²) in [5.74, 6) is -1.65. The number of amides is 1. The third-order valence-electron chi connectivity index (χ3n) is 4.30. The third kappa shape index (κ3) is 4.85. The minimum absolute atomic E-state index is 0.0102. The number of nitrogens with one attached hydrogen (secondary N) is 1. The van der Waals surface area contributed by atoms with Crippen LogP contribution in [-0.4, -0.2) is 19.0 Å². The minimum Gasteiger partial charge on any atom is -0.468 e. The maximum Gasteiger partial charge on any atom is 0.318 e. The van der Waals surface area contributed by atoms with E-state index >= 15 is 0 Å². The average molecular weight is 358 g/mol. The van der Waals surface area contributed by atoms with Crippen molar-refractivity contribution in [3.63, 3.8) is 0 Å². The molecule has 0 bridgehead atoms. The van der Waals surface area contributed by atoms with Crippen molar-refractivity contribution in [1.82, 2.24) is 0 Å². The van der Waals surface area contributed by atoms with Crippen LogP contribution in [0.5, 0.6) is 0 Å². The number of hydrogen-bond acceptors (Lipinski definition) is 3. The number of halogens is 2. The van der Waals surface area contributed by atoms with Crippen LogP contribution in [0.2, 0.25) is 10.0 Å². The summed E-state index contributed by atoms with van der Waals surface area (Å²) in [7, 11) is 1.31. The van der Waals surface area contributed by atoms with Gasteiger partial charge in [-0.05, 0) is 37.0 Å². The highest BCUT2D eigenvalue weighted by atomic mass is 35.5. The average Bonchev–Trinajstić information content (AvgIpc) is 2.79. The number of benzene rings is 1. The third-order valence-corrected chi connectivity index (χ3v) is 4.85. The van der Waals surface area contributed by atoms with Crippen LogP contribution in [0.1, 0.15) is 38.5 Å². The van der Waals surface area contributed by atoms with E-state index in [-0.39, 0.29) is 11.8 Å². The van der Waals surface area contributed by atoms with Gasteiger partial charge in [0, 0.05) is 5.02 Å². The zero-order chi connectivity index (χ0) is 16.8. The number of anilines is 1. The molecule has 4 nitrogen and oxygen atoms in total. The van der Waals surface area contributed by atoms with Gasteiger partial charge in [0.2, 0.25) is 5.91 Å². The second-order valence-electron chi connectivity index (χ2n) is 5.87. The maximum absolute atomic E-state index is 12.7. The lowest BCUT2D eigenvalue weighted by Gasteiger charge is -2.23. The molecule has 1 aliphatic carbocycles. The molecule has 0 aromatic heterocycles. The van der Waals surface area contributed by atoms with Gasteiger partial charge in [0.15, 0.2) is 0 Å². The number of carbonyl (C=O) groups is 2. The maximum atomic E-state index is 12.7. The zero-order valence-electron chi connectivity index (χ0n) is 13.1. The van der Waals surface area contributed by atoms with Gasteiger partial charge in [-0.2, -0.15) is 0 Å². The van der Waals surface area contributed by atoms with E-state index in [0.717, 1.165) is 38.5 Å². The van der Waals surface area contributed by atoms with Gasteiger partial charge in [0.1, 0.15) is 5.92 Å². The first-order valence-corrected chi connectivity index (χ1v) is 8.62. The molecule has 0 aliphatic heterocycles. The Bertz CT molecular complexity index is 569. The van der Waals surface area contributed by atoms with Crippen LogP contribution in [-0.2, 0) is 14.3 Å². The lowest BCUT2D eigenvalue weighted by molar-refractivity contribution is -0.151. The van der Waals surface area contributed by atoms with E-state index in [1.54, 1.807) is 18.2 Å². The first kappa shape index (κ1) is 18.1. The molecule has 1 fully saturated rings. The van der Waals surface area contributed by atoms with Crippen LogP contribution in [0.25, 0.3) is 0 Å². The van der Waals surface area contributed by atoms with E-state index in [9.17, 15) is 9.59 Å². The Labute approximate surface area is 146 Å². The molecule has 0 spiro atoms. The second kappa shape index (κ2) is 8.55. The van der Waals surface area contributed by atoms with Gasteiger partial charge >= 0.3 is 5.97 Å². The molecule has 0 unspecified atom stereocenters. The van der Waals surface area contributed by atoms with Gasteiger partial charge in [0.25, 0.3) is 0 Å². The predicted octanol–water partition coefficient (Wildman–Crippen LogP) is 4.69. The fourth-order valence-electron chi connectivity index (χ4n) is 3.09. The molecule has 2 rings (SSSR count). The smallest absolute Gasteiger partial charge is 0.318 e. The number of rotatable bonds is 4. The van der Waals surface area contributed by atoms with Crippen LogP contribution in [0.4, 0.5) is 5.69 Å². The highest BCUT2D eigenvalue weighted by molar-refractivity contribution is 6.36. The summed E-state index contributed by atoms with van der Waals surface area (Å²) in [6.45, 7) is 0. The van der Waals surface area contributed by atoms with E-state index in [0.29, 0.717) is 15.7 Å².